The van der Waals surface area contributed by atoms with Crippen molar-refractivity contribution in [2.75, 3.05) is 18.0 Å². The number of aliphatic carboxylic acids is 1. The van der Waals surface area contributed by atoms with Crippen LogP contribution in [0.3, 0.4) is 0 Å². The molecule has 0 amide bonds. The minimum Gasteiger partial charge on any atom is -0.478 e. The smallest absolute Gasteiger partial charge is 0.328 e. The standard InChI is InChI=1S/C17H22N2O2/c1-13(2)12-19(10-4-9-18)16-7-5-15(14(3)11-16)6-8-17(20)21/h5-8,11,13H,4,10,12H2,1-3H3,(H,20,21). The van der Waals surface area contributed by atoms with Gasteiger partial charge in [0.25, 0.3) is 0 Å². The Morgan fingerprint density at radius 1 is 1.48 bits per heavy atom. The van der Waals surface area contributed by atoms with Crippen LogP contribution in [0.15, 0.2) is 24.3 Å². The number of carboxylic acid groups (broad SMARTS) is 1. The molecule has 1 aromatic rings. The minimum absolute atomic E-state index is 0.492. The maximum absolute atomic E-state index is 10.6. The first-order valence-corrected chi connectivity index (χ1v) is 7.07. The highest BCUT2D eigenvalue weighted by molar-refractivity contribution is 5.85. The number of rotatable bonds is 7. The average molecular weight is 286 g/mol. The molecule has 0 bridgehead atoms. The van der Waals surface area contributed by atoms with Crippen molar-refractivity contribution in [1.82, 2.24) is 0 Å². The van der Waals surface area contributed by atoms with Crippen LogP contribution in [-0.2, 0) is 4.79 Å². The number of carbonyl (C=O) groups is 1. The van der Waals surface area contributed by atoms with Gasteiger partial charge in [0.1, 0.15) is 0 Å². The fourth-order valence-electron chi connectivity index (χ4n) is 2.16. The van der Waals surface area contributed by atoms with Gasteiger partial charge in [-0.15, -0.1) is 0 Å². The van der Waals surface area contributed by atoms with Crippen molar-refractivity contribution >= 4 is 17.7 Å². The molecule has 0 heterocycles. The quantitative estimate of drug-likeness (QED) is 0.779. The van der Waals surface area contributed by atoms with Crippen molar-refractivity contribution in [3.63, 3.8) is 0 Å². The van der Waals surface area contributed by atoms with Gasteiger partial charge in [0.2, 0.25) is 0 Å². The molecule has 0 spiro atoms. The molecule has 1 N–H and O–H groups in total. The number of hydrogen-bond acceptors (Lipinski definition) is 3. The molecule has 0 saturated carbocycles. The van der Waals surface area contributed by atoms with Gasteiger partial charge < -0.3 is 10.0 Å². The van der Waals surface area contributed by atoms with Gasteiger partial charge in [-0.05, 0) is 42.2 Å². The Bertz CT molecular complexity index is 556. The zero-order valence-corrected chi connectivity index (χ0v) is 12.8. The summed E-state index contributed by atoms with van der Waals surface area (Å²) in [5, 5.41) is 17.5. The van der Waals surface area contributed by atoms with Gasteiger partial charge in [-0.1, -0.05) is 19.9 Å². The number of nitrogens with zero attached hydrogens (tertiary/aromatic N) is 2. The molecule has 0 unspecified atom stereocenters. The van der Waals surface area contributed by atoms with Gasteiger partial charge >= 0.3 is 5.97 Å². The van der Waals surface area contributed by atoms with Crippen LogP contribution < -0.4 is 4.90 Å². The third-order valence-electron chi connectivity index (χ3n) is 3.10. The first-order chi connectivity index (χ1) is 9.93. The van der Waals surface area contributed by atoms with E-state index in [9.17, 15) is 4.79 Å². The maximum Gasteiger partial charge on any atom is 0.328 e. The molecule has 0 atom stereocenters. The largest absolute Gasteiger partial charge is 0.478 e. The zero-order valence-electron chi connectivity index (χ0n) is 12.8. The summed E-state index contributed by atoms with van der Waals surface area (Å²) in [7, 11) is 0. The molecule has 0 aliphatic heterocycles. The third-order valence-corrected chi connectivity index (χ3v) is 3.10. The van der Waals surface area contributed by atoms with E-state index in [1.54, 1.807) is 6.08 Å². The lowest BCUT2D eigenvalue weighted by atomic mass is 10.1. The molecular weight excluding hydrogens is 264 g/mol. The van der Waals surface area contributed by atoms with Crippen molar-refractivity contribution in [2.24, 2.45) is 5.92 Å². The fourth-order valence-corrected chi connectivity index (χ4v) is 2.16. The van der Waals surface area contributed by atoms with Gasteiger partial charge in [0.15, 0.2) is 0 Å². The topological polar surface area (TPSA) is 64.3 Å². The summed E-state index contributed by atoms with van der Waals surface area (Å²) in [5.74, 6) is -0.440. The lowest BCUT2D eigenvalue weighted by Gasteiger charge is -2.26. The van der Waals surface area contributed by atoms with E-state index >= 15 is 0 Å². The zero-order chi connectivity index (χ0) is 15.8. The van der Waals surface area contributed by atoms with Crippen LogP contribution in [0.25, 0.3) is 6.08 Å². The first-order valence-electron chi connectivity index (χ1n) is 7.07. The molecule has 0 aromatic heterocycles. The van der Waals surface area contributed by atoms with E-state index in [1.807, 2.05) is 25.1 Å². The molecule has 21 heavy (non-hydrogen) atoms. The van der Waals surface area contributed by atoms with Crippen LogP contribution >= 0.6 is 0 Å². The summed E-state index contributed by atoms with van der Waals surface area (Å²) in [4.78, 5) is 12.8. The summed E-state index contributed by atoms with van der Waals surface area (Å²) < 4.78 is 0. The Kier molecular flexibility index (Phi) is 6.48. The van der Waals surface area contributed by atoms with Crippen molar-refractivity contribution < 1.29 is 9.90 Å². The van der Waals surface area contributed by atoms with E-state index in [0.717, 1.165) is 29.4 Å². The van der Waals surface area contributed by atoms with E-state index in [-0.39, 0.29) is 0 Å². The molecule has 0 aliphatic carbocycles. The predicted octanol–water partition coefficient (Wildman–Crippen LogP) is 3.47. The van der Waals surface area contributed by atoms with Crippen LogP contribution in [-0.4, -0.2) is 24.2 Å². The molecule has 4 nitrogen and oxygen atoms in total. The summed E-state index contributed by atoms with van der Waals surface area (Å²) in [6.07, 6.45) is 3.24. The number of anilines is 1. The van der Waals surface area contributed by atoms with Crippen LogP contribution in [0.4, 0.5) is 5.69 Å². The molecule has 112 valence electrons. The number of benzene rings is 1. The van der Waals surface area contributed by atoms with Gasteiger partial charge in [-0.2, -0.15) is 5.26 Å². The second-order valence-electron chi connectivity index (χ2n) is 5.46. The molecule has 0 fully saturated rings. The van der Waals surface area contributed by atoms with Crippen molar-refractivity contribution in [3.8, 4) is 6.07 Å². The van der Waals surface area contributed by atoms with E-state index < -0.39 is 5.97 Å². The second-order valence-corrected chi connectivity index (χ2v) is 5.46. The molecule has 0 radical (unpaired) electrons. The van der Waals surface area contributed by atoms with Gasteiger partial charge in [-0.25, -0.2) is 4.79 Å². The SMILES string of the molecule is Cc1cc(N(CCC#N)CC(C)C)ccc1C=CC(=O)O. The van der Waals surface area contributed by atoms with E-state index in [1.165, 1.54) is 0 Å². The van der Waals surface area contributed by atoms with E-state index in [0.29, 0.717) is 18.9 Å². The predicted molar refractivity (Wildman–Crippen MR) is 85.1 cm³/mol. The monoisotopic (exact) mass is 286 g/mol. The van der Waals surface area contributed by atoms with Gasteiger partial charge in [0.05, 0.1) is 12.5 Å². The van der Waals surface area contributed by atoms with Crippen LogP contribution in [0.2, 0.25) is 0 Å². The Hall–Kier alpha value is -2.28. The molecular formula is C17H22N2O2. The number of nitriles is 1. The first kappa shape index (κ1) is 16.8. The van der Waals surface area contributed by atoms with Crippen LogP contribution in [0, 0.1) is 24.2 Å². The number of carboxylic acids is 1. The lowest BCUT2D eigenvalue weighted by Crippen LogP contribution is -2.28. The molecule has 0 saturated heterocycles. The van der Waals surface area contributed by atoms with Gasteiger partial charge in [0, 0.05) is 24.9 Å². The van der Waals surface area contributed by atoms with Crippen molar-refractivity contribution in [1.29, 1.82) is 5.26 Å². The highest BCUT2D eigenvalue weighted by Crippen LogP contribution is 2.21. The number of aryl methyl sites for hydroxylation is 1. The fraction of sp³-hybridized carbons (Fsp3) is 0.412. The third kappa shape index (κ3) is 5.70. The Morgan fingerprint density at radius 2 is 2.19 bits per heavy atom. The second kappa shape index (κ2) is 8.11. The van der Waals surface area contributed by atoms with Crippen molar-refractivity contribution in [2.45, 2.75) is 27.2 Å². The molecule has 1 aromatic carbocycles. The van der Waals surface area contributed by atoms with Crippen molar-refractivity contribution in [3.05, 3.63) is 35.4 Å². The minimum atomic E-state index is -0.950. The highest BCUT2D eigenvalue weighted by atomic mass is 16.4. The molecule has 1 rings (SSSR count). The lowest BCUT2D eigenvalue weighted by molar-refractivity contribution is -0.131. The highest BCUT2D eigenvalue weighted by Gasteiger charge is 2.09. The van der Waals surface area contributed by atoms with Crippen LogP contribution in [0.5, 0.6) is 0 Å². The van der Waals surface area contributed by atoms with E-state index in [2.05, 4.69) is 24.8 Å². The van der Waals surface area contributed by atoms with Gasteiger partial charge in [-0.3, -0.25) is 0 Å². The summed E-state index contributed by atoms with van der Waals surface area (Å²) in [6.45, 7) is 7.86. The van der Waals surface area contributed by atoms with Crippen LogP contribution in [0.1, 0.15) is 31.4 Å². The Morgan fingerprint density at radius 3 is 2.71 bits per heavy atom. The Labute approximate surface area is 126 Å². The average Bonchev–Trinajstić information content (AvgIpc) is 2.41. The number of hydrogen-bond donors (Lipinski definition) is 1. The Balaban J connectivity index is 2.97. The molecule has 0 aliphatic rings. The normalized spacial score (nSPS) is 10.8. The summed E-state index contributed by atoms with van der Waals surface area (Å²) in [6, 6.07) is 8.13. The maximum atomic E-state index is 10.6. The molecule has 4 heteroatoms. The van der Waals surface area contributed by atoms with E-state index in [4.69, 9.17) is 10.4 Å². The summed E-state index contributed by atoms with van der Waals surface area (Å²) in [5.41, 5.74) is 2.99. The summed E-state index contributed by atoms with van der Waals surface area (Å²) >= 11 is 0.